The number of hydrogen-bond donors (Lipinski definition) is 1. The number of piperazine rings is 1. The molecule has 2 aliphatic rings. The number of fused-ring (bicyclic) bond motifs is 1. The smallest absolute Gasteiger partial charge is 0.321 e. The molecule has 3 rings (SSSR count). The van der Waals surface area contributed by atoms with E-state index in [4.69, 9.17) is 0 Å². The molecule has 8 heteroatoms. The van der Waals surface area contributed by atoms with Crippen molar-refractivity contribution in [3.05, 3.63) is 35.6 Å². The molecule has 0 bridgehead atoms. The van der Waals surface area contributed by atoms with Gasteiger partial charge in [-0.25, -0.2) is 9.18 Å². The van der Waals surface area contributed by atoms with Gasteiger partial charge in [-0.1, -0.05) is 12.1 Å². The number of likely N-dealkylation sites (N-methyl/N-ethyl adjacent to an activating group) is 1. The zero-order chi connectivity index (χ0) is 18.1. The van der Waals surface area contributed by atoms with Crippen LogP contribution < -0.4 is 5.32 Å². The molecule has 0 spiro atoms. The molecule has 134 valence electrons. The van der Waals surface area contributed by atoms with E-state index in [2.05, 4.69) is 5.32 Å². The van der Waals surface area contributed by atoms with Crippen molar-refractivity contribution in [1.82, 2.24) is 20.0 Å². The first-order chi connectivity index (χ1) is 11.9. The Morgan fingerprint density at radius 1 is 1.24 bits per heavy atom. The molecule has 25 heavy (non-hydrogen) atoms. The van der Waals surface area contributed by atoms with E-state index in [1.165, 1.54) is 17.0 Å². The summed E-state index contributed by atoms with van der Waals surface area (Å²) in [7, 11) is 1.72. The SMILES string of the molecule is C[C@H]1C(=O)N(C)C[C@H]2CN(CC(=O)NCc3ccc(F)cc3)C(=O)N21. The lowest BCUT2D eigenvalue weighted by Crippen LogP contribution is -2.58. The fraction of sp³-hybridized carbons (Fsp3) is 0.471. The van der Waals surface area contributed by atoms with E-state index in [1.54, 1.807) is 35.9 Å². The van der Waals surface area contributed by atoms with Crippen LogP contribution in [0.15, 0.2) is 24.3 Å². The Hall–Kier alpha value is -2.64. The number of nitrogens with one attached hydrogen (secondary N) is 1. The third-order valence-electron chi connectivity index (χ3n) is 4.69. The number of nitrogens with zero attached hydrogens (tertiary/aromatic N) is 3. The first-order valence-electron chi connectivity index (χ1n) is 8.20. The van der Waals surface area contributed by atoms with Crippen molar-refractivity contribution >= 4 is 17.8 Å². The van der Waals surface area contributed by atoms with Gasteiger partial charge in [0.25, 0.3) is 0 Å². The number of benzene rings is 1. The van der Waals surface area contributed by atoms with Crippen LogP contribution in [0.2, 0.25) is 0 Å². The van der Waals surface area contributed by atoms with E-state index >= 15 is 0 Å². The van der Waals surface area contributed by atoms with Crippen LogP contribution in [-0.2, 0) is 16.1 Å². The second kappa shape index (κ2) is 6.70. The Balaban J connectivity index is 1.56. The predicted octanol–water partition coefficient (Wildman–Crippen LogP) is 0.409. The molecule has 2 saturated heterocycles. The van der Waals surface area contributed by atoms with Crippen molar-refractivity contribution in [3.63, 3.8) is 0 Å². The minimum atomic E-state index is -0.511. The second-order valence-electron chi connectivity index (χ2n) is 6.52. The van der Waals surface area contributed by atoms with Gasteiger partial charge in [-0.2, -0.15) is 0 Å². The second-order valence-corrected chi connectivity index (χ2v) is 6.52. The van der Waals surface area contributed by atoms with Crippen molar-refractivity contribution in [1.29, 1.82) is 0 Å². The molecule has 2 aliphatic heterocycles. The Labute approximate surface area is 145 Å². The van der Waals surface area contributed by atoms with Crippen molar-refractivity contribution < 1.29 is 18.8 Å². The topological polar surface area (TPSA) is 73.0 Å². The maximum atomic E-state index is 12.9. The van der Waals surface area contributed by atoms with Crippen LogP contribution >= 0.6 is 0 Å². The summed E-state index contributed by atoms with van der Waals surface area (Å²) in [6.07, 6.45) is 0. The van der Waals surface area contributed by atoms with Gasteiger partial charge < -0.3 is 20.0 Å². The summed E-state index contributed by atoms with van der Waals surface area (Å²) in [4.78, 5) is 41.3. The molecule has 2 heterocycles. The van der Waals surface area contributed by atoms with Crippen LogP contribution in [0, 0.1) is 5.82 Å². The van der Waals surface area contributed by atoms with E-state index in [9.17, 15) is 18.8 Å². The zero-order valence-electron chi connectivity index (χ0n) is 14.2. The van der Waals surface area contributed by atoms with Crippen molar-refractivity contribution in [2.24, 2.45) is 0 Å². The molecule has 1 aromatic carbocycles. The number of halogens is 1. The van der Waals surface area contributed by atoms with Gasteiger partial charge >= 0.3 is 6.03 Å². The Morgan fingerprint density at radius 2 is 1.92 bits per heavy atom. The number of carbonyl (C=O) groups is 3. The molecule has 0 unspecified atom stereocenters. The summed E-state index contributed by atoms with van der Waals surface area (Å²) in [5.41, 5.74) is 0.778. The van der Waals surface area contributed by atoms with Gasteiger partial charge in [-0.05, 0) is 24.6 Å². The quantitative estimate of drug-likeness (QED) is 0.857. The predicted molar refractivity (Wildman–Crippen MR) is 87.9 cm³/mol. The first-order valence-corrected chi connectivity index (χ1v) is 8.20. The lowest BCUT2D eigenvalue weighted by molar-refractivity contribution is -0.139. The summed E-state index contributed by atoms with van der Waals surface area (Å²) < 4.78 is 12.9. The summed E-state index contributed by atoms with van der Waals surface area (Å²) in [5, 5.41) is 2.72. The fourth-order valence-corrected chi connectivity index (χ4v) is 3.38. The van der Waals surface area contributed by atoms with Crippen LogP contribution in [0.3, 0.4) is 0 Å². The van der Waals surface area contributed by atoms with Gasteiger partial charge in [0, 0.05) is 26.7 Å². The summed E-state index contributed by atoms with van der Waals surface area (Å²) >= 11 is 0. The van der Waals surface area contributed by atoms with Gasteiger partial charge in [0.05, 0.1) is 6.04 Å². The molecule has 2 atom stereocenters. The number of urea groups is 1. The molecule has 0 aromatic heterocycles. The Bertz CT molecular complexity index is 694. The molecule has 7 nitrogen and oxygen atoms in total. The van der Waals surface area contributed by atoms with Gasteiger partial charge in [0.15, 0.2) is 0 Å². The minimum Gasteiger partial charge on any atom is -0.350 e. The lowest BCUT2D eigenvalue weighted by Gasteiger charge is -2.38. The van der Waals surface area contributed by atoms with E-state index in [-0.39, 0.29) is 42.8 Å². The average molecular weight is 348 g/mol. The summed E-state index contributed by atoms with van der Waals surface area (Å²) in [6.45, 7) is 2.82. The Morgan fingerprint density at radius 3 is 2.60 bits per heavy atom. The Kier molecular flexibility index (Phi) is 4.61. The highest BCUT2D eigenvalue weighted by molar-refractivity contribution is 5.91. The first kappa shape index (κ1) is 17.2. The molecular weight excluding hydrogens is 327 g/mol. The maximum absolute atomic E-state index is 12.9. The maximum Gasteiger partial charge on any atom is 0.321 e. The van der Waals surface area contributed by atoms with Crippen molar-refractivity contribution in [3.8, 4) is 0 Å². The average Bonchev–Trinajstić information content (AvgIpc) is 2.88. The fourth-order valence-electron chi connectivity index (χ4n) is 3.38. The molecule has 0 radical (unpaired) electrons. The van der Waals surface area contributed by atoms with E-state index in [0.717, 1.165) is 5.56 Å². The van der Waals surface area contributed by atoms with Gasteiger partial charge in [-0.15, -0.1) is 0 Å². The highest BCUT2D eigenvalue weighted by Crippen LogP contribution is 2.24. The van der Waals surface area contributed by atoms with Crippen molar-refractivity contribution in [2.45, 2.75) is 25.6 Å². The van der Waals surface area contributed by atoms with Crippen LogP contribution in [0.5, 0.6) is 0 Å². The summed E-state index contributed by atoms with van der Waals surface area (Å²) in [6, 6.07) is 4.98. The van der Waals surface area contributed by atoms with E-state index in [0.29, 0.717) is 13.1 Å². The number of hydrogen-bond acceptors (Lipinski definition) is 3. The third-order valence-corrected chi connectivity index (χ3v) is 4.69. The molecular formula is C17H21FN4O3. The van der Waals surface area contributed by atoms with Crippen LogP contribution in [0.4, 0.5) is 9.18 Å². The molecule has 1 N–H and O–H groups in total. The monoisotopic (exact) mass is 348 g/mol. The standard InChI is InChI=1S/C17H21FN4O3/c1-11-16(24)20(2)8-14-9-21(17(25)22(11)14)10-15(23)19-7-12-3-5-13(18)6-4-12/h3-6,11,14H,7-10H2,1-2H3,(H,19,23)/t11-,14-/m0/s1. The van der Waals surface area contributed by atoms with Crippen LogP contribution in [0.25, 0.3) is 0 Å². The highest BCUT2D eigenvalue weighted by Gasteiger charge is 2.47. The van der Waals surface area contributed by atoms with E-state index in [1.807, 2.05) is 0 Å². The molecule has 4 amide bonds. The molecule has 1 aromatic rings. The molecule has 0 aliphatic carbocycles. The molecule has 2 fully saturated rings. The van der Waals surface area contributed by atoms with E-state index < -0.39 is 6.04 Å². The summed E-state index contributed by atoms with van der Waals surface area (Å²) in [5.74, 6) is -0.708. The van der Waals surface area contributed by atoms with Gasteiger partial charge in [0.2, 0.25) is 11.8 Å². The largest absolute Gasteiger partial charge is 0.350 e. The van der Waals surface area contributed by atoms with Gasteiger partial charge in [0.1, 0.15) is 18.4 Å². The van der Waals surface area contributed by atoms with Crippen LogP contribution in [-0.4, -0.2) is 71.3 Å². The molecule has 0 saturated carbocycles. The normalized spacial score (nSPS) is 23.1. The van der Waals surface area contributed by atoms with Gasteiger partial charge in [-0.3, -0.25) is 9.59 Å². The van der Waals surface area contributed by atoms with Crippen LogP contribution in [0.1, 0.15) is 12.5 Å². The third kappa shape index (κ3) is 3.42. The van der Waals surface area contributed by atoms with Crippen molar-refractivity contribution in [2.75, 3.05) is 26.7 Å². The minimum absolute atomic E-state index is 0.0579. The number of rotatable bonds is 4. The number of amides is 4. The zero-order valence-corrected chi connectivity index (χ0v) is 14.2. The lowest BCUT2D eigenvalue weighted by atomic mass is 10.1. The highest BCUT2D eigenvalue weighted by atomic mass is 19.1. The number of carbonyl (C=O) groups excluding carboxylic acids is 3.